The standard InChI is InChI=1S/C20H23N7/c1-14(2)27-13-16(11-24-27)17-5-6-18(21-3)20(25-17)23-10-15-4-7-19-22-8-9-26(19)12-15/h4-9,11-14,21H,10H2,1-3H3,(H,23,25). The molecule has 0 bridgehead atoms. The zero-order chi connectivity index (χ0) is 18.8. The summed E-state index contributed by atoms with van der Waals surface area (Å²) in [6, 6.07) is 8.46. The molecule has 0 aliphatic heterocycles. The Morgan fingerprint density at radius 1 is 1.11 bits per heavy atom. The SMILES string of the molecule is CNc1ccc(-c2cnn(C(C)C)c2)nc1NCc1ccc2nccn2c1. The van der Waals surface area contributed by atoms with Crippen molar-refractivity contribution in [3.05, 3.63) is 60.8 Å². The molecule has 0 spiro atoms. The predicted octanol–water partition coefficient (Wildman–Crippen LogP) is 3.83. The smallest absolute Gasteiger partial charge is 0.150 e. The van der Waals surface area contributed by atoms with Crippen molar-refractivity contribution in [2.24, 2.45) is 0 Å². The van der Waals surface area contributed by atoms with Gasteiger partial charge in [0.1, 0.15) is 11.5 Å². The number of nitrogens with zero attached hydrogens (tertiary/aromatic N) is 5. The van der Waals surface area contributed by atoms with Gasteiger partial charge in [0, 0.05) is 50.0 Å². The fourth-order valence-corrected chi connectivity index (χ4v) is 2.97. The van der Waals surface area contributed by atoms with Gasteiger partial charge in [-0.2, -0.15) is 5.10 Å². The molecule has 7 heteroatoms. The van der Waals surface area contributed by atoms with Gasteiger partial charge < -0.3 is 15.0 Å². The van der Waals surface area contributed by atoms with Crippen LogP contribution < -0.4 is 10.6 Å². The summed E-state index contributed by atoms with van der Waals surface area (Å²) in [5, 5.41) is 11.1. The van der Waals surface area contributed by atoms with Crippen LogP contribution in [0.5, 0.6) is 0 Å². The second-order valence-electron chi connectivity index (χ2n) is 6.73. The van der Waals surface area contributed by atoms with Gasteiger partial charge in [0.15, 0.2) is 0 Å². The van der Waals surface area contributed by atoms with Gasteiger partial charge in [-0.25, -0.2) is 9.97 Å². The lowest BCUT2D eigenvalue weighted by Gasteiger charge is -2.12. The molecule has 0 amide bonds. The minimum atomic E-state index is 0.325. The molecule has 4 aromatic heterocycles. The lowest BCUT2D eigenvalue weighted by molar-refractivity contribution is 0.532. The lowest BCUT2D eigenvalue weighted by atomic mass is 10.2. The van der Waals surface area contributed by atoms with E-state index in [9.17, 15) is 0 Å². The molecule has 0 aliphatic rings. The Bertz CT molecular complexity index is 1060. The second-order valence-corrected chi connectivity index (χ2v) is 6.73. The van der Waals surface area contributed by atoms with Crippen molar-refractivity contribution in [2.45, 2.75) is 26.4 Å². The van der Waals surface area contributed by atoms with E-state index in [-0.39, 0.29) is 0 Å². The quantitative estimate of drug-likeness (QED) is 0.546. The van der Waals surface area contributed by atoms with E-state index < -0.39 is 0 Å². The van der Waals surface area contributed by atoms with Gasteiger partial charge in [0.25, 0.3) is 0 Å². The third kappa shape index (κ3) is 3.48. The summed E-state index contributed by atoms with van der Waals surface area (Å²) in [4.78, 5) is 9.08. The summed E-state index contributed by atoms with van der Waals surface area (Å²) < 4.78 is 3.95. The Labute approximate surface area is 158 Å². The largest absolute Gasteiger partial charge is 0.385 e. The molecule has 27 heavy (non-hydrogen) atoms. The molecular formula is C20H23N7. The van der Waals surface area contributed by atoms with Gasteiger partial charge in [-0.05, 0) is 37.6 Å². The van der Waals surface area contributed by atoms with E-state index in [1.807, 2.05) is 52.9 Å². The molecule has 0 aliphatic carbocycles. The molecule has 4 aromatic rings. The fourth-order valence-electron chi connectivity index (χ4n) is 2.97. The van der Waals surface area contributed by atoms with Gasteiger partial charge in [-0.3, -0.25) is 4.68 Å². The fraction of sp³-hybridized carbons (Fsp3) is 0.250. The van der Waals surface area contributed by atoms with Crippen molar-refractivity contribution in [2.75, 3.05) is 17.7 Å². The zero-order valence-electron chi connectivity index (χ0n) is 15.7. The average molecular weight is 361 g/mol. The van der Waals surface area contributed by atoms with E-state index >= 15 is 0 Å². The summed E-state index contributed by atoms with van der Waals surface area (Å²) >= 11 is 0. The van der Waals surface area contributed by atoms with Crippen molar-refractivity contribution in [1.82, 2.24) is 24.1 Å². The van der Waals surface area contributed by atoms with Crippen molar-refractivity contribution in [3.8, 4) is 11.3 Å². The monoisotopic (exact) mass is 361 g/mol. The highest BCUT2D eigenvalue weighted by molar-refractivity contribution is 5.70. The molecule has 7 nitrogen and oxygen atoms in total. The Morgan fingerprint density at radius 3 is 2.78 bits per heavy atom. The molecule has 0 saturated heterocycles. The summed E-state index contributed by atoms with van der Waals surface area (Å²) in [6.45, 7) is 4.89. The number of rotatable bonds is 6. The molecule has 0 radical (unpaired) electrons. The lowest BCUT2D eigenvalue weighted by Crippen LogP contribution is -2.06. The van der Waals surface area contributed by atoms with Crippen LogP contribution in [0.3, 0.4) is 0 Å². The molecule has 0 saturated carbocycles. The van der Waals surface area contributed by atoms with Gasteiger partial charge in [-0.15, -0.1) is 0 Å². The molecule has 4 rings (SSSR count). The highest BCUT2D eigenvalue weighted by Crippen LogP contribution is 2.26. The van der Waals surface area contributed by atoms with Gasteiger partial charge in [0.2, 0.25) is 0 Å². The van der Waals surface area contributed by atoms with Crippen LogP contribution >= 0.6 is 0 Å². The Kier molecular flexibility index (Phi) is 4.50. The summed E-state index contributed by atoms with van der Waals surface area (Å²) in [6.07, 6.45) is 9.71. The molecule has 138 valence electrons. The minimum Gasteiger partial charge on any atom is -0.385 e. The van der Waals surface area contributed by atoms with Gasteiger partial charge >= 0.3 is 0 Å². The van der Waals surface area contributed by atoms with Crippen LogP contribution in [0.4, 0.5) is 11.5 Å². The minimum absolute atomic E-state index is 0.325. The summed E-state index contributed by atoms with van der Waals surface area (Å²) in [5.74, 6) is 0.818. The third-order valence-electron chi connectivity index (χ3n) is 4.50. The second kappa shape index (κ2) is 7.11. The first-order valence-electron chi connectivity index (χ1n) is 9.03. The van der Waals surface area contributed by atoms with Gasteiger partial charge in [-0.1, -0.05) is 6.07 Å². The van der Waals surface area contributed by atoms with E-state index in [0.717, 1.165) is 34.0 Å². The first kappa shape index (κ1) is 17.1. The number of hydrogen-bond donors (Lipinski definition) is 2. The van der Waals surface area contributed by atoms with E-state index in [4.69, 9.17) is 4.98 Å². The highest BCUT2D eigenvalue weighted by Gasteiger charge is 2.09. The molecule has 0 unspecified atom stereocenters. The van der Waals surface area contributed by atoms with Crippen molar-refractivity contribution < 1.29 is 0 Å². The van der Waals surface area contributed by atoms with Crippen LogP contribution in [0.15, 0.2) is 55.2 Å². The number of anilines is 2. The van der Waals surface area contributed by atoms with Crippen LogP contribution in [0.2, 0.25) is 0 Å². The predicted molar refractivity (Wildman–Crippen MR) is 108 cm³/mol. The number of fused-ring (bicyclic) bond motifs is 1. The number of imidazole rings is 1. The maximum Gasteiger partial charge on any atom is 0.150 e. The maximum absolute atomic E-state index is 4.81. The molecule has 0 atom stereocenters. The van der Waals surface area contributed by atoms with Crippen molar-refractivity contribution >= 4 is 17.2 Å². The third-order valence-corrected chi connectivity index (χ3v) is 4.50. The number of hydrogen-bond acceptors (Lipinski definition) is 5. The van der Waals surface area contributed by atoms with Crippen LogP contribution in [-0.2, 0) is 6.54 Å². The summed E-state index contributed by atoms with van der Waals surface area (Å²) in [7, 11) is 1.90. The normalized spacial score (nSPS) is 11.3. The van der Waals surface area contributed by atoms with E-state index in [1.165, 1.54) is 0 Å². The van der Waals surface area contributed by atoms with Crippen LogP contribution in [0.25, 0.3) is 16.9 Å². The van der Waals surface area contributed by atoms with Gasteiger partial charge in [0.05, 0.1) is 17.6 Å². The molecule has 4 heterocycles. The van der Waals surface area contributed by atoms with Crippen molar-refractivity contribution in [3.63, 3.8) is 0 Å². The molecule has 2 N–H and O–H groups in total. The van der Waals surface area contributed by atoms with Crippen LogP contribution in [-0.4, -0.2) is 31.2 Å². The van der Waals surface area contributed by atoms with E-state index in [0.29, 0.717) is 12.6 Å². The highest BCUT2D eigenvalue weighted by atomic mass is 15.3. The number of pyridine rings is 2. The zero-order valence-corrected chi connectivity index (χ0v) is 15.7. The Balaban J connectivity index is 1.58. The Morgan fingerprint density at radius 2 is 2.00 bits per heavy atom. The van der Waals surface area contributed by atoms with E-state index in [1.54, 1.807) is 6.20 Å². The molecule has 0 fully saturated rings. The molecular weight excluding hydrogens is 338 g/mol. The Hall–Kier alpha value is -3.35. The van der Waals surface area contributed by atoms with Crippen LogP contribution in [0, 0.1) is 0 Å². The maximum atomic E-state index is 4.81. The topological polar surface area (TPSA) is 72.1 Å². The number of aromatic nitrogens is 5. The van der Waals surface area contributed by atoms with Crippen molar-refractivity contribution in [1.29, 1.82) is 0 Å². The first-order valence-corrected chi connectivity index (χ1v) is 9.03. The number of nitrogens with one attached hydrogen (secondary N) is 2. The van der Waals surface area contributed by atoms with E-state index in [2.05, 4.69) is 46.8 Å². The van der Waals surface area contributed by atoms with Crippen LogP contribution in [0.1, 0.15) is 25.5 Å². The first-order chi connectivity index (χ1) is 13.1. The summed E-state index contributed by atoms with van der Waals surface area (Å²) in [5.41, 5.74) is 4.96. The average Bonchev–Trinajstić information content (AvgIpc) is 3.35. The molecule has 0 aromatic carbocycles.